The van der Waals surface area contributed by atoms with Gasteiger partial charge in [0.2, 0.25) is 0 Å². The Morgan fingerprint density at radius 1 is 1.25 bits per heavy atom. The lowest BCUT2D eigenvalue weighted by atomic mass is 9.95. The summed E-state index contributed by atoms with van der Waals surface area (Å²) in [5, 5.41) is 10.2. The van der Waals surface area contributed by atoms with Crippen LogP contribution in [0.5, 0.6) is 0 Å². The van der Waals surface area contributed by atoms with Gasteiger partial charge >= 0.3 is 0 Å². The van der Waals surface area contributed by atoms with Crippen molar-refractivity contribution in [1.29, 1.82) is 0 Å². The molecule has 1 amide bonds. The number of H-pyrrole nitrogens is 1. The minimum Gasteiger partial charge on any atom is -0.335 e. The molecule has 108 valence electrons. The van der Waals surface area contributed by atoms with Crippen LogP contribution in [0.15, 0.2) is 6.20 Å². The zero-order chi connectivity index (χ0) is 13.5. The SMILES string of the molecule is O=C(c1cn[nH]n1)N1C[C@H]2CC[C@@H](C1)N(CC1CC1)C2. The maximum absolute atomic E-state index is 12.5. The molecule has 2 atom stereocenters. The molecule has 1 aromatic rings. The van der Waals surface area contributed by atoms with Crippen LogP contribution in [0, 0.1) is 11.8 Å². The first-order valence-electron chi connectivity index (χ1n) is 7.68. The van der Waals surface area contributed by atoms with E-state index < -0.39 is 0 Å². The fourth-order valence-corrected chi connectivity index (χ4v) is 3.67. The standard InChI is InChI=1S/C14H21N5O/c20-14(13-5-15-17-16-13)19-8-11-3-4-12(9-19)18(7-11)6-10-1-2-10/h5,10-12H,1-4,6-9H2,(H,15,16,17)/t11-,12-/m0/s1. The number of rotatable bonds is 3. The predicted octanol–water partition coefficient (Wildman–Crippen LogP) is 0.751. The van der Waals surface area contributed by atoms with Crippen molar-refractivity contribution in [2.24, 2.45) is 11.8 Å². The van der Waals surface area contributed by atoms with Crippen LogP contribution in [-0.2, 0) is 0 Å². The highest BCUT2D eigenvalue weighted by atomic mass is 16.2. The van der Waals surface area contributed by atoms with E-state index in [9.17, 15) is 4.79 Å². The topological polar surface area (TPSA) is 65.1 Å². The fourth-order valence-electron chi connectivity index (χ4n) is 3.67. The summed E-state index contributed by atoms with van der Waals surface area (Å²) in [5.41, 5.74) is 0.444. The van der Waals surface area contributed by atoms with Crippen LogP contribution in [0.25, 0.3) is 0 Å². The smallest absolute Gasteiger partial charge is 0.276 e. The Hall–Kier alpha value is -1.43. The summed E-state index contributed by atoms with van der Waals surface area (Å²) >= 11 is 0. The van der Waals surface area contributed by atoms with E-state index in [0.717, 1.165) is 19.0 Å². The van der Waals surface area contributed by atoms with Gasteiger partial charge in [-0.3, -0.25) is 9.69 Å². The summed E-state index contributed by atoms with van der Waals surface area (Å²) < 4.78 is 0. The van der Waals surface area contributed by atoms with E-state index in [-0.39, 0.29) is 5.91 Å². The third-order valence-corrected chi connectivity index (χ3v) is 4.94. The molecule has 0 radical (unpaired) electrons. The number of piperidine rings is 1. The van der Waals surface area contributed by atoms with Gasteiger partial charge in [0.05, 0.1) is 6.20 Å². The van der Waals surface area contributed by atoms with Gasteiger partial charge in [-0.15, -0.1) is 0 Å². The number of amides is 1. The molecule has 6 nitrogen and oxygen atoms in total. The van der Waals surface area contributed by atoms with Gasteiger partial charge < -0.3 is 4.90 Å². The zero-order valence-corrected chi connectivity index (χ0v) is 11.7. The quantitative estimate of drug-likeness (QED) is 0.884. The van der Waals surface area contributed by atoms with Crippen molar-refractivity contribution in [3.63, 3.8) is 0 Å². The van der Waals surface area contributed by atoms with Gasteiger partial charge in [0.1, 0.15) is 0 Å². The van der Waals surface area contributed by atoms with Crippen LogP contribution >= 0.6 is 0 Å². The number of aromatic nitrogens is 3. The van der Waals surface area contributed by atoms with Crippen LogP contribution in [0.3, 0.4) is 0 Å². The van der Waals surface area contributed by atoms with Crippen LogP contribution in [0.4, 0.5) is 0 Å². The van der Waals surface area contributed by atoms with Gasteiger partial charge in [-0.05, 0) is 37.5 Å². The molecular weight excluding hydrogens is 254 g/mol. The average Bonchev–Trinajstić information content (AvgIpc) is 3.18. The lowest BCUT2D eigenvalue weighted by molar-refractivity contribution is 0.0731. The number of aromatic amines is 1. The molecule has 0 spiro atoms. The molecular formula is C14H21N5O. The number of carbonyl (C=O) groups excluding carboxylic acids is 1. The maximum Gasteiger partial charge on any atom is 0.276 e. The first-order valence-corrected chi connectivity index (χ1v) is 7.68. The van der Waals surface area contributed by atoms with Gasteiger partial charge in [-0.25, -0.2) is 0 Å². The van der Waals surface area contributed by atoms with E-state index in [0.29, 0.717) is 17.7 Å². The number of carbonyl (C=O) groups is 1. The molecule has 4 fully saturated rings. The highest BCUT2D eigenvalue weighted by Gasteiger charge is 2.38. The van der Waals surface area contributed by atoms with E-state index in [1.807, 2.05) is 4.90 Å². The van der Waals surface area contributed by atoms with Crippen molar-refractivity contribution in [2.45, 2.75) is 31.7 Å². The van der Waals surface area contributed by atoms with E-state index in [1.54, 1.807) is 0 Å². The monoisotopic (exact) mass is 275 g/mol. The molecule has 0 aromatic carbocycles. The van der Waals surface area contributed by atoms with E-state index in [1.165, 1.54) is 45.0 Å². The highest BCUT2D eigenvalue weighted by molar-refractivity contribution is 5.92. The molecule has 4 aliphatic rings. The van der Waals surface area contributed by atoms with Crippen LogP contribution in [-0.4, -0.2) is 63.3 Å². The molecule has 20 heavy (non-hydrogen) atoms. The van der Waals surface area contributed by atoms with E-state index >= 15 is 0 Å². The Morgan fingerprint density at radius 2 is 2.15 bits per heavy atom. The second-order valence-corrected chi connectivity index (χ2v) is 6.56. The number of fused-ring (bicyclic) bond motifs is 4. The second kappa shape index (κ2) is 4.84. The van der Waals surface area contributed by atoms with Crippen LogP contribution in [0.1, 0.15) is 36.2 Å². The van der Waals surface area contributed by atoms with Gasteiger partial charge in [0, 0.05) is 32.2 Å². The highest BCUT2D eigenvalue weighted by Crippen LogP contribution is 2.34. The van der Waals surface area contributed by atoms with Crippen LogP contribution in [0.2, 0.25) is 0 Å². The lowest BCUT2D eigenvalue weighted by Crippen LogP contribution is -2.45. The van der Waals surface area contributed by atoms with E-state index in [2.05, 4.69) is 20.3 Å². The lowest BCUT2D eigenvalue weighted by Gasteiger charge is -2.36. The number of nitrogens with one attached hydrogen (secondary N) is 1. The third-order valence-electron chi connectivity index (χ3n) is 4.94. The first-order chi connectivity index (χ1) is 9.79. The molecule has 1 aliphatic carbocycles. The molecule has 4 heterocycles. The van der Waals surface area contributed by atoms with Crippen molar-refractivity contribution in [1.82, 2.24) is 25.2 Å². The molecule has 3 aliphatic heterocycles. The summed E-state index contributed by atoms with van der Waals surface area (Å²) in [5.74, 6) is 1.58. The van der Waals surface area contributed by atoms with Crippen molar-refractivity contribution in [3.05, 3.63) is 11.9 Å². The Morgan fingerprint density at radius 3 is 2.90 bits per heavy atom. The van der Waals surface area contributed by atoms with Gasteiger partial charge in [0.15, 0.2) is 5.69 Å². The van der Waals surface area contributed by atoms with E-state index in [4.69, 9.17) is 0 Å². The fraction of sp³-hybridized carbons (Fsp3) is 0.786. The van der Waals surface area contributed by atoms with Crippen molar-refractivity contribution in [3.8, 4) is 0 Å². The minimum absolute atomic E-state index is 0.0314. The second-order valence-electron chi connectivity index (χ2n) is 6.56. The molecule has 1 N–H and O–H groups in total. The predicted molar refractivity (Wildman–Crippen MR) is 73.1 cm³/mol. The Balaban J connectivity index is 1.49. The third kappa shape index (κ3) is 2.32. The molecule has 3 saturated heterocycles. The summed E-state index contributed by atoms with van der Waals surface area (Å²) in [4.78, 5) is 17.1. The van der Waals surface area contributed by atoms with Crippen LogP contribution < -0.4 is 0 Å². The summed E-state index contributed by atoms with van der Waals surface area (Å²) in [6.45, 7) is 4.15. The number of hydrogen-bond donors (Lipinski definition) is 1. The molecule has 0 unspecified atom stereocenters. The number of hydrogen-bond acceptors (Lipinski definition) is 4. The Labute approximate surface area is 118 Å². The summed E-state index contributed by atoms with van der Waals surface area (Å²) in [6, 6.07) is 0.546. The molecule has 6 heteroatoms. The maximum atomic E-state index is 12.5. The van der Waals surface area contributed by atoms with Gasteiger partial charge in [-0.1, -0.05) is 0 Å². The first kappa shape index (κ1) is 12.3. The van der Waals surface area contributed by atoms with Gasteiger partial charge in [0.25, 0.3) is 5.91 Å². The molecule has 2 bridgehead atoms. The normalized spacial score (nSPS) is 30.5. The van der Waals surface area contributed by atoms with Crippen molar-refractivity contribution >= 4 is 5.91 Å². The Kier molecular flexibility index (Phi) is 2.98. The Bertz CT molecular complexity index is 484. The average molecular weight is 275 g/mol. The largest absolute Gasteiger partial charge is 0.335 e. The number of nitrogens with zero attached hydrogens (tertiary/aromatic N) is 4. The summed E-state index contributed by atoms with van der Waals surface area (Å²) in [6.07, 6.45) is 6.82. The van der Waals surface area contributed by atoms with Crippen molar-refractivity contribution < 1.29 is 4.79 Å². The molecule has 1 aromatic heterocycles. The molecule has 1 saturated carbocycles. The van der Waals surface area contributed by atoms with Gasteiger partial charge in [-0.2, -0.15) is 15.4 Å². The van der Waals surface area contributed by atoms with Crippen molar-refractivity contribution in [2.75, 3.05) is 26.2 Å². The zero-order valence-electron chi connectivity index (χ0n) is 11.7. The summed E-state index contributed by atoms with van der Waals surface area (Å²) in [7, 11) is 0. The minimum atomic E-state index is 0.0314. The molecule has 5 rings (SSSR count).